The SMILES string of the molecule is c1csc(CNC2CCCCC2C2CCCCC2)c1. The summed E-state index contributed by atoms with van der Waals surface area (Å²) in [6.07, 6.45) is 13.3. The van der Waals surface area contributed by atoms with Crippen LogP contribution < -0.4 is 5.32 Å². The van der Waals surface area contributed by atoms with Gasteiger partial charge in [-0.3, -0.25) is 0 Å². The van der Waals surface area contributed by atoms with Crippen LogP contribution in [0.2, 0.25) is 0 Å². The molecule has 106 valence electrons. The van der Waals surface area contributed by atoms with E-state index in [1.807, 2.05) is 11.3 Å². The molecule has 0 saturated heterocycles. The summed E-state index contributed by atoms with van der Waals surface area (Å²) >= 11 is 1.89. The molecule has 0 aliphatic heterocycles. The lowest BCUT2D eigenvalue weighted by Gasteiger charge is -2.39. The quantitative estimate of drug-likeness (QED) is 0.818. The molecule has 1 nitrogen and oxygen atoms in total. The lowest BCUT2D eigenvalue weighted by Crippen LogP contribution is -2.42. The van der Waals surface area contributed by atoms with Gasteiger partial charge in [0, 0.05) is 17.5 Å². The molecule has 2 heteroatoms. The van der Waals surface area contributed by atoms with Crippen molar-refractivity contribution in [1.29, 1.82) is 0 Å². The van der Waals surface area contributed by atoms with E-state index >= 15 is 0 Å². The molecule has 2 atom stereocenters. The van der Waals surface area contributed by atoms with Crippen LogP contribution in [0.4, 0.5) is 0 Å². The van der Waals surface area contributed by atoms with Gasteiger partial charge in [-0.15, -0.1) is 11.3 Å². The van der Waals surface area contributed by atoms with Crippen molar-refractivity contribution in [3.63, 3.8) is 0 Å². The molecule has 3 rings (SSSR count). The molecular formula is C17H27NS. The molecule has 0 radical (unpaired) electrons. The minimum absolute atomic E-state index is 0.791. The highest BCUT2D eigenvalue weighted by molar-refractivity contribution is 7.09. The van der Waals surface area contributed by atoms with Gasteiger partial charge >= 0.3 is 0 Å². The third-order valence-electron chi connectivity index (χ3n) is 5.19. The lowest BCUT2D eigenvalue weighted by molar-refractivity contribution is 0.149. The molecule has 1 heterocycles. The van der Waals surface area contributed by atoms with Crippen LogP contribution in [0.1, 0.15) is 62.7 Å². The highest BCUT2D eigenvalue weighted by atomic mass is 32.1. The van der Waals surface area contributed by atoms with Crippen molar-refractivity contribution < 1.29 is 0 Å². The Labute approximate surface area is 121 Å². The summed E-state index contributed by atoms with van der Waals surface area (Å²) in [6, 6.07) is 5.22. The maximum Gasteiger partial charge on any atom is 0.0302 e. The summed E-state index contributed by atoms with van der Waals surface area (Å²) in [4.78, 5) is 1.49. The summed E-state index contributed by atoms with van der Waals surface area (Å²) in [7, 11) is 0. The smallest absolute Gasteiger partial charge is 0.0302 e. The van der Waals surface area contributed by atoms with Crippen molar-refractivity contribution in [3.05, 3.63) is 22.4 Å². The maximum atomic E-state index is 3.88. The number of rotatable bonds is 4. The second-order valence-electron chi connectivity index (χ2n) is 6.41. The van der Waals surface area contributed by atoms with Gasteiger partial charge in [0.15, 0.2) is 0 Å². The Morgan fingerprint density at radius 3 is 2.58 bits per heavy atom. The number of hydrogen-bond acceptors (Lipinski definition) is 2. The van der Waals surface area contributed by atoms with Gasteiger partial charge in [0.2, 0.25) is 0 Å². The minimum atomic E-state index is 0.791. The Kier molecular flexibility index (Phi) is 4.95. The van der Waals surface area contributed by atoms with E-state index in [9.17, 15) is 0 Å². The van der Waals surface area contributed by atoms with E-state index in [0.29, 0.717) is 0 Å². The van der Waals surface area contributed by atoms with E-state index in [-0.39, 0.29) is 0 Å². The molecule has 1 aromatic heterocycles. The van der Waals surface area contributed by atoms with Crippen LogP contribution in [0.5, 0.6) is 0 Å². The predicted molar refractivity (Wildman–Crippen MR) is 83.5 cm³/mol. The molecular weight excluding hydrogens is 250 g/mol. The first-order chi connectivity index (χ1) is 9.43. The van der Waals surface area contributed by atoms with Gasteiger partial charge in [-0.05, 0) is 36.1 Å². The Balaban J connectivity index is 1.56. The molecule has 2 fully saturated rings. The van der Waals surface area contributed by atoms with Crippen LogP contribution in [0.25, 0.3) is 0 Å². The number of thiophene rings is 1. The van der Waals surface area contributed by atoms with Gasteiger partial charge in [-0.1, -0.05) is 51.0 Å². The van der Waals surface area contributed by atoms with Gasteiger partial charge in [-0.2, -0.15) is 0 Å². The first-order valence-electron chi connectivity index (χ1n) is 8.19. The highest BCUT2D eigenvalue weighted by Crippen LogP contribution is 2.38. The molecule has 1 N–H and O–H groups in total. The molecule has 0 aromatic carbocycles. The Bertz CT molecular complexity index is 353. The molecule has 19 heavy (non-hydrogen) atoms. The summed E-state index contributed by atoms with van der Waals surface area (Å²) in [5, 5.41) is 6.07. The molecule has 2 aliphatic rings. The summed E-state index contributed by atoms with van der Waals surface area (Å²) < 4.78 is 0. The van der Waals surface area contributed by atoms with Gasteiger partial charge < -0.3 is 5.32 Å². The zero-order valence-corrected chi connectivity index (χ0v) is 12.8. The lowest BCUT2D eigenvalue weighted by atomic mass is 9.71. The normalized spacial score (nSPS) is 29.5. The Morgan fingerprint density at radius 1 is 1.00 bits per heavy atom. The zero-order chi connectivity index (χ0) is 12.9. The van der Waals surface area contributed by atoms with Gasteiger partial charge in [0.05, 0.1) is 0 Å². The van der Waals surface area contributed by atoms with Gasteiger partial charge in [-0.25, -0.2) is 0 Å². The van der Waals surface area contributed by atoms with Crippen molar-refractivity contribution >= 4 is 11.3 Å². The van der Waals surface area contributed by atoms with Crippen molar-refractivity contribution in [2.45, 2.75) is 70.4 Å². The summed E-state index contributed by atoms with van der Waals surface area (Å²) in [6.45, 7) is 1.09. The highest BCUT2D eigenvalue weighted by Gasteiger charge is 2.32. The monoisotopic (exact) mass is 277 g/mol. The van der Waals surface area contributed by atoms with Crippen LogP contribution in [0, 0.1) is 11.8 Å². The van der Waals surface area contributed by atoms with Crippen LogP contribution in [0.15, 0.2) is 17.5 Å². The fourth-order valence-electron chi connectivity index (χ4n) is 4.18. The zero-order valence-electron chi connectivity index (χ0n) is 11.9. The minimum Gasteiger partial charge on any atom is -0.309 e. The van der Waals surface area contributed by atoms with Gasteiger partial charge in [0.1, 0.15) is 0 Å². The fraction of sp³-hybridized carbons (Fsp3) is 0.765. The Morgan fingerprint density at radius 2 is 1.79 bits per heavy atom. The molecule has 0 bridgehead atoms. The number of nitrogens with one attached hydrogen (secondary N) is 1. The largest absolute Gasteiger partial charge is 0.309 e. The Hall–Kier alpha value is -0.340. The first kappa shape index (κ1) is 13.6. The average Bonchev–Trinajstić information content (AvgIpc) is 3.00. The molecule has 1 aromatic rings. The topological polar surface area (TPSA) is 12.0 Å². The molecule has 2 saturated carbocycles. The van der Waals surface area contributed by atoms with Gasteiger partial charge in [0.25, 0.3) is 0 Å². The van der Waals surface area contributed by atoms with Crippen molar-refractivity contribution in [1.82, 2.24) is 5.32 Å². The standard InChI is InChI=1S/C17H27NS/c1-2-7-14(8-3-1)16-10-4-5-11-17(16)18-13-15-9-6-12-19-15/h6,9,12,14,16-18H,1-5,7-8,10-11,13H2. The van der Waals surface area contributed by atoms with E-state index in [1.54, 1.807) is 0 Å². The van der Waals surface area contributed by atoms with Crippen LogP contribution in [0.3, 0.4) is 0 Å². The molecule has 2 unspecified atom stereocenters. The van der Waals surface area contributed by atoms with Crippen LogP contribution >= 0.6 is 11.3 Å². The van der Waals surface area contributed by atoms with Crippen molar-refractivity contribution in [2.75, 3.05) is 0 Å². The summed E-state index contributed by atoms with van der Waals surface area (Å²) in [5.41, 5.74) is 0. The van der Waals surface area contributed by atoms with Crippen LogP contribution in [-0.4, -0.2) is 6.04 Å². The first-order valence-corrected chi connectivity index (χ1v) is 9.07. The second kappa shape index (κ2) is 6.90. The van der Waals surface area contributed by atoms with Crippen molar-refractivity contribution in [2.24, 2.45) is 11.8 Å². The molecule has 2 aliphatic carbocycles. The van der Waals surface area contributed by atoms with E-state index in [4.69, 9.17) is 0 Å². The molecule has 0 amide bonds. The van der Waals surface area contributed by atoms with E-state index in [0.717, 1.165) is 24.4 Å². The third kappa shape index (κ3) is 3.61. The van der Waals surface area contributed by atoms with E-state index < -0.39 is 0 Å². The maximum absolute atomic E-state index is 3.88. The second-order valence-corrected chi connectivity index (χ2v) is 7.45. The van der Waals surface area contributed by atoms with Crippen molar-refractivity contribution in [3.8, 4) is 0 Å². The fourth-order valence-corrected chi connectivity index (χ4v) is 4.84. The number of hydrogen-bond donors (Lipinski definition) is 1. The van der Waals surface area contributed by atoms with Crippen LogP contribution in [-0.2, 0) is 6.54 Å². The van der Waals surface area contributed by atoms with E-state index in [2.05, 4.69) is 22.8 Å². The average molecular weight is 277 g/mol. The summed E-state index contributed by atoms with van der Waals surface area (Å²) in [5.74, 6) is 1.99. The van der Waals surface area contributed by atoms with E-state index in [1.165, 1.54) is 62.7 Å². The third-order valence-corrected chi connectivity index (χ3v) is 6.07. The predicted octanol–water partition coefficient (Wildman–Crippen LogP) is 4.98. The molecule has 0 spiro atoms.